The Morgan fingerprint density at radius 1 is 1.03 bits per heavy atom. The quantitative estimate of drug-likeness (QED) is 0.332. The van der Waals surface area contributed by atoms with Crippen molar-refractivity contribution in [3.05, 3.63) is 82.9 Å². The standard InChI is InChI=1S/C28H31ClN2O3S/c1-4-32-23-8-10-24(11-9-23)33-18-27-26-13-12-25(34-19(2)3)16-20(26)14-15-31(27)28(35)30-22-7-5-6-21(29)17-22/h5-13,16-17,19,27H,4,14-15,18H2,1-3H3,(H,30,35). The minimum atomic E-state index is -0.0578. The van der Waals surface area contributed by atoms with E-state index in [4.69, 9.17) is 38.0 Å². The van der Waals surface area contributed by atoms with E-state index in [9.17, 15) is 0 Å². The Morgan fingerprint density at radius 3 is 2.43 bits per heavy atom. The molecule has 35 heavy (non-hydrogen) atoms. The molecule has 1 unspecified atom stereocenters. The number of anilines is 1. The van der Waals surface area contributed by atoms with Crippen molar-refractivity contribution in [2.75, 3.05) is 25.1 Å². The first-order chi connectivity index (χ1) is 16.9. The number of ether oxygens (including phenoxy) is 3. The Kier molecular flexibility index (Phi) is 8.37. The molecule has 0 radical (unpaired) electrons. The molecule has 1 N–H and O–H groups in total. The van der Waals surface area contributed by atoms with Gasteiger partial charge in [0.1, 0.15) is 23.9 Å². The first-order valence-electron chi connectivity index (χ1n) is 11.9. The molecular formula is C28H31ClN2O3S. The van der Waals surface area contributed by atoms with Gasteiger partial charge in [0.05, 0.1) is 18.8 Å². The van der Waals surface area contributed by atoms with E-state index >= 15 is 0 Å². The number of benzene rings is 3. The van der Waals surface area contributed by atoms with Crippen LogP contribution in [0.2, 0.25) is 5.02 Å². The van der Waals surface area contributed by atoms with Crippen LogP contribution in [-0.4, -0.2) is 35.9 Å². The predicted octanol–water partition coefficient (Wildman–Crippen LogP) is 6.90. The van der Waals surface area contributed by atoms with Crippen LogP contribution in [0.5, 0.6) is 17.2 Å². The lowest BCUT2D eigenvalue weighted by atomic mass is 9.93. The van der Waals surface area contributed by atoms with Crippen LogP contribution in [0.15, 0.2) is 66.7 Å². The molecule has 0 fully saturated rings. The van der Waals surface area contributed by atoms with Gasteiger partial charge in [-0.1, -0.05) is 23.7 Å². The molecule has 3 aromatic rings. The second-order valence-corrected chi connectivity index (χ2v) is 9.47. The fraction of sp³-hybridized carbons (Fsp3) is 0.321. The SMILES string of the molecule is CCOc1ccc(OCC2c3ccc(OC(C)C)cc3CCN2C(=S)Nc2cccc(Cl)c2)cc1. The molecule has 1 atom stereocenters. The normalized spacial score (nSPS) is 14.9. The topological polar surface area (TPSA) is 43.0 Å². The smallest absolute Gasteiger partial charge is 0.174 e. The van der Waals surface area contributed by atoms with Crippen LogP contribution >= 0.6 is 23.8 Å². The summed E-state index contributed by atoms with van der Waals surface area (Å²) in [5.74, 6) is 2.50. The average molecular weight is 511 g/mol. The molecule has 0 bridgehead atoms. The fourth-order valence-electron chi connectivity index (χ4n) is 4.19. The van der Waals surface area contributed by atoms with Crippen molar-refractivity contribution in [3.63, 3.8) is 0 Å². The molecule has 0 spiro atoms. The minimum Gasteiger partial charge on any atom is -0.494 e. The van der Waals surface area contributed by atoms with Crippen molar-refractivity contribution >= 4 is 34.6 Å². The Morgan fingerprint density at radius 2 is 1.74 bits per heavy atom. The zero-order valence-corrected chi connectivity index (χ0v) is 21.9. The zero-order valence-electron chi connectivity index (χ0n) is 20.3. The molecule has 1 aliphatic heterocycles. The summed E-state index contributed by atoms with van der Waals surface area (Å²) in [4.78, 5) is 2.19. The van der Waals surface area contributed by atoms with E-state index < -0.39 is 0 Å². The van der Waals surface area contributed by atoms with Crippen molar-refractivity contribution in [2.45, 2.75) is 39.3 Å². The lowest BCUT2D eigenvalue weighted by molar-refractivity contribution is 0.190. The van der Waals surface area contributed by atoms with Crippen molar-refractivity contribution in [1.82, 2.24) is 4.90 Å². The number of nitrogens with one attached hydrogen (secondary N) is 1. The minimum absolute atomic E-state index is 0.0578. The molecule has 184 valence electrons. The van der Waals surface area contributed by atoms with Gasteiger partial charge in [-0.05, 0) is 105 Å². The van der Waals surface area contributed by atoms with E-state index in [-0.39, 0.29) is 12.1 Å². The Balaban J connectivity index is 1.56. The van der Waals surface area contributed by atoms with E-state index in [1.54, 1.807) is 0 Å². The van der Waals surface area contributed by atoms with E-state index in [2.05, 4.69) is 22.3 Å². The molecule has 0 aliphatic carbocycles. The number of fused-ring (bicyclic) bond motifs is 1. The van der Waals surface area contributed by atoms with Crippen molar-refractivity contribution in [3.8, 4) is 17.2 Å². The zero-order chi connectivity index (χ0) is 24.8. The van der Waals surface area contributed by atoms with Crippen LogP contribution in [0.1, 0.15) is 37.9 Å². The summed E-state index contributed by atoms with van der Waals surface area (Å²) < 4.78 is 17.7. The van der Waals surface area contributed by atoms with E-state index in [1.165, 1.54) is 11.1 Å². The third-order valence-corrected chi connectivity index (χ3v) is 6.29. The number of thiocarbonyl (C=S) groups is 1. The van der Waals surface area contributed by atoms with E-state index in [0.717, 1.165) is 35.9 Å². The summed E-state index contributed by atoms with van der Waals surface area (Å²) in [7, 11) is 0. The third-order valence-electron chi connectivity index (χ3n) is 5.72. The lowest BCUT2D eigenvalue weighted by Gasteiger charge is -2.39. The average Bonchev–Trinajstić information content (AvgIpc) is 2.83. The summed E-state index contributed by atoms with van der Waals surface area (Å²) in [6, 6.07) is 21.5. The Bertz CT molecular complexity index is 1150. The predicted molar refractivity (Wildman–Crippen MR) is 146 cm³/mol. The molecular weight excluding hydrogens is 480 g/mol. The fourth-order valence-corrected chi connectivity index (χ4v) is 4.72. The molecule has 0 aromatic heterocycles. The van der Waals surface area contributed by atoms with E-state index in [0.29, 0.717) is 23.3 Å². The number of rotatable bonds is 8. The van der Waals surface area contributed by atoms with Crippen molar-refractivity contribution in [1.29, 1.82) is 0 Å². The molecule has 7 heteroatoms. The summed E-state index contributed by atoms with van der Waals surface area (Å²) in [5.41, 5.74) is 3.30. The van der Waals surface area contributed by atoms with Gasteiger partial charge in [0, 0.05) is 17.3 Å². The molecule has 0 saturated heterocycles. The van der Waals surface area contributed by atoms with Gasteiger partial charge in [-0.2, -0.15) is 0 Å². The largest absolute Gasteiger partial charge is 0.494 e. The first-order valence-corrected chi connectivity index (χ1v) is 12.7. The van der Waals surface area contributed by atoms with Crippen molar-refractivity contribution in [2.24, 2.45) is 0 Å². The second-order valence-electron chi connectivity index (χ2n) is 8.64. The number of hydrogen-bond acceptors (Lipinski definition) is 4. The number of halogens is 1. The van der Waals surface area contributed by atoms with Gasteiger partial charge >= 0.3 is 0 Å². The van der Waals surface area contributed by atoms with Crippen LogP contribution in [-0.2, 0) is 6.42 Å². The summed E-state index contributed by atoms with van der Waals surface area (Å²) >= 11 is 12.0. The summed E-state index contributed by atoms with van der Waals surface area (Å²) in [6.07, 6.45) is 0.989. The number of hydrogen-bond donors (Lipinski definition) is 1. The van der Waals surface area contributed by atoms with Crippen molar-refractivity contribution < 1.29 is 14.2 Å². The van der Waals surface area contributed by atoms with Gasteiger partial charge in [-0.15, -0.1) is 0 Å². The maximum Gasteiger partial charge on any atom is 0.174 e. The summed E-state index contributed by atoms with van der Waals surface area (Å²) in [6.45, 7) is 7.89. The van der Waals surface area contributed by atoms with Gasteiger partial charge in [-0.3, -0.25) is 0 Å². The molecule has 1 heterocycles. The highest BCUT2D eigenvalue weighted by Gasteiger charge is 2.30. The van der Waals surface area contributed by atoms with Crippen LogP contribution < -0.4 is 19.5 Å². The van der Waals surface area contributed by atoms with Gasteiger partial charge in [-0.25, -0.2) is 0 Å². The maximum absolute atomic E-state index is 6.24. The highest BCUT2D eigenvalue weighted by molar-refractivity contribution is 7.80. The molecule has 5 nitrogen and oxygen atoms in total. The third kappa shape index (κ3) is 6.59. The number of nitrogens with zero attached hydrogens (tertiary/aromatic N) is 1. The second kappa shape index (κ2) is 11.6. The van der Waals surface area contributed by atoms with Crippen LogP contribution in [0.3, 0.4) is 0 Å². The van der Waals surface area contributed by atoms with Gasteiger partial charge in [0.25, 0.3) is 0 Å². The summed E-state index contributed by atoms with van der Waals surface area (Å²) in [5, 5.41) is 4.65. The Labute approximate surface area is 218 Å². The van der Waals surface area contributed by atoms with E-state index in [1.807, 2.05) is 75.4 Å². The lowest BCUT2D eigenvalue weighted by Crippen LogP contribution is -2.44. The molecule has 4 rings (SSSR count). The molecule has 0 amide bonds. The van der Waals surface area contributed by atoms with Gasteiger partial charge in [0.2, 0.25) is 0 Å². The highest BCUT2D eigenvalue weighted by Crippen LogP contribution is 2.34. The highest BCUT2D eigenvalue weighted by atomic mass is 35.5. The van der Waals surface area contributed by atoms with Gasteiger partial charge < -0.3 is 24.4 Å². The van der Waals surface area contributed by atoms with Crippen LogP contribution in [0, 0.1) is 0 Å². The molecule has 3 aromatic carbocycles. The molecule has 1 aliphatic rings. The van der Waals surface area contributed by atoms with Crippen LogP contribution in [0.4, 0.5) is 5.69 Å². The molecule has 0 saturated carbocycles. The first kappa shape index (κ1) is 25.1. The maximum atomic E-state index is 6.24. The Hall–Kier alpha value is -2.96. The monoisotopic (exact) mass is 510 g/mol. The van der Waals surface area contributed by atoms with Crippen LogP contribution in [0.25, 0.3) is 0 Å². The van der Waals surface area contributed by atoms with Gasteiger partial charge in [0.15, 0.2) is 5.11 Å².